The second-order valence-electron chi connectivity index (χ2n) is 22.4. The topological polar surface area (TPSA) is 190 Å². The Balaban J connectivity index is -0.000000198. The molecule has 2 N–H and O–H groups in total. The average molecular weight is 1690 g/mol. The monoisotopic (exact) mass is 1690 g/mol. The van der Waals surface area contributed by atoms with Gasteiger partial charge in [-0.1, -0.05) is 129 Å². The maximum atomic E-state index is 12.6. The zero-order chi connectivity index (χ0) is 81.8. The number of carbonyl (C=O) groups excluding carboxylic acids is 6. The number of halogens is 15. The van der Waals surface area contributed by atoms with E-state index in [-0.39, 0.29) is 84.9 Å². The molecular formula is C80H100Cl3F12LiO12S3. The third-order valence-electron chi connectivity index (χ3n) is 14.7. The van der Waals surface area contributed by atoms with Crippen LogP contribution < -0.4 is 37.8 Å². The molecule has 0 radical (unpaired) electrons. The maximum absolute atomic E-state index is 12.6. The number of aliphatic hydroxyl groups excluding tert-OH is 1. The van der Waals surface area contributed by atoms with Crippen molar-refractivity contribution in [3.63, 3.8) is 0 Å². The molecule has 0 aromatic heterocycles. The predicted molar refractivity (Wildman–Crippen MR) is 416 cm³/mol. The van der Waals surface area contributed by atoms with E-state index in [0.29, 0.717) is 55.3 Å². The quantitative estimate of drug-likeness (QED) is 0.0171. The van der Waals surface area contributed by atoms with Gasteiger partial charge in [-0.25, -0.2) is 0 Å². The fourth-order valence-electron chi connectivity index (χ4n) is 8.00. The van der Waals surface area contributed by atoms with Gasteiger partial charge in [0.1, 0.15) is 23.0 Å². The summed E-state index contributed by atoms with van der Waals surface area (Å²) in [5.41, 5.74) is 0.896. The molecule has 3 unspecified atom stereocenters. The Morgan fingerprint density at radius 1 is 0.432 bits per heavy atom. The number of aryl methyl sites for hydroxylation is 3. The van der Waals surface area contributed by atoms with Gasteiger partial charge in [0.25, 0.3) is 0 Å². The Kier molecular flexibility index (Phi) is 66.7. The summed E-state index contributed by atoms with van der Waals surface area (Å²) >= 11 is 25.9. The van der Waals surface area contributed by atoms with Crippen LogP contribution in [0.1, 0.15) is 144 Å². The van der Waals surface area contributed by atoms with E-state index in [4.69, 9.17) is 87.6 Å². The van der Waals surface area contributed by atoms with E-state index in [1.807, 2.05) is 62.4 Å². The molecule has 0 heterocycles. The number of rotatable bonds is 26. The predicted octanol–water partition coefficient (Wildman–Crippen LogP) is 22.3. The summed E-state index contributed by atoms with van der Waals surface area (Å²) in [7, 11) is 0. The molecule has 12 nitrogen and oxygen atoms in total. The Morgan fingerprint density at radius 3 is 0.910 bits per heavy atom. The van der Waals surface area contributed by atoms with Crippen LogP contribution in [0, 0.1) is 42.9 Å². The fraction of sp³-hybridized carbons (Fsp3) is 0.412. The summed E-state index contributed by atoms with van der Waals surface area (Å²) in [4.78, 5) is 51.7. The van der Waals surface area contributed by atoms with Gasteiger partial charge >= 0.3 is 62.0 Å². The van der Waals surface area contributed by atoms with Crippen LogP contribution in [0.2, 0.25) is 15.1 Å². The molecule has 0 spiro atoms. The van der Waals surface area contributed by atoms with Crippen LogP contribution in [0.25, 0.3) is 0 Å². The molecular weight excluding hydrogens is 1590 g/mol. The zero-order valence-electron chi connectivity index (χ0n) is 61.6. The van der Waals surface area contributed by atoms with Crippen LogP contribution >= 0.6 is 71.0 Å². The van der Waals surface area contributed by atoms with E-state index in [0.717, 1.165) is 140 Å². The molecule has 0 fully saturated rings. The van der Waals surface area contributed by atoms with Gasteiger partial charge in [-0.3, -0.25) is 0 Å². The minimum atomic E-state index is -4.33. The largest absolute Gasteiger partial charge is 1.00 e. The van der Waals surface area contributed by atoms with Crippen LogP contribution in [-0.4, -0.2) is 73.6 Å². The second-order valence-corrected chi connectivity index (χ2v) is 26.2. The number of benzene rings is 7. The van der Waals surface area contributed by atoms with Crippen LogP contribution in [0.4, 0.5) is 52.7 Å². The van der Waals surface area contributed by atoms with E-state index in [9.17, 15) is 52.7 Å². The summed E-state index contributed by atoms with van der Waals surface area (Å²) in [5, 5.41) is 11.2. The first-order chi connectivity index (χ1) is 50.5. The number of hydrogen-bond acceptors (Lipinski definition) is 15. The van der Waals surface area contributed by atoms with Gasteiger partial charge in [-0.05, 0) is 202 Å². The summed E-state index contributed by atoms with van der Waals surface area (Å²) in [6.07, 6.45) is -5.33. The Morgan fingerprint density at radius 2 is 0.676 bits per heavy atom. The van der Waals surface area contributed by atoms with Crippen LogP contribution in [0.5, 0.6) is 23.0 Å². The van der Waals surface area contributed by atoms with Crippen molar-refractivity contribution in [2.75, 3.05) is 44.5 Å². The summed E-state index contributed by atoms with van der Waals surface area (Å²) in [6, 6.07) is 36.9. The minimum absolute atomic E-state index is 0. The summed E-state index contributed by atoms with van der Waals surface area (Å²) in [5.74, 6) is 6.72. The molecule has 7 aromatic rings. The van der Waals surface area contributed by atoms with Crippen molar-refractivity contribution in [3.05, 3.63) is 206 Å². The van der Waals surface area contributed by atoms with Crippen molar-refractivity contribution in [1.82, 2.24) is 0 Å². The molecule has 0 saturated carbocycles. The molecule has 0 saturated heterocycles. The van der Waals surface area contributed by atoms with Gasteiger partial charge in [0.2, 0.25) is 0 Å². The molecule has 0 aliphatic carbocycles. The van der Waals surface area contributed by atoms with Gasteiger partial charge in [0, 0.05) is 53.4 Å². The first-order valence-electron chi connectivity index (χ1n) is 32.9. The van der Waals surface area contributed by atoms with E-state index in [2.05, 4.69) is 72.6 Å². The number of thiol groups is 1. The van der Waals surface area contributed by atoms with Crippen LogP contribution in [0.15, 0.2) is 166 Å². The van der Waals surface area contributed by atoms with Crippen LogP contribution in [0.3, 0.4) is 0 Å². The van der Waals surface area contributed by atoms with Crippen molar-refractivity contribution in [1.29, 1.82) is 0 Å². The van der Waals surface area contributed by atoms with E-state index < -0.39 is 47.0 Å². The van der Waals surface area contributed by atoms with Crippen molar-refractivity contribution < 1.29 is 133 Å². The van der Waals surface area contributed by atoms with Crippen molar-refractivity contribution in [2.45, 2.75) is 162 Å². The number of terminal acetylenes is 1. The first-order valence-corrected chi connectivity index (χ1v) is 36.5. The first kappa shape index (κ1) is 115. The van der Waals surface area contributed by atoms with Crippen LogP contribution in [-0.2, 0) is 66.3 Å². The number of aliphatic hydroxyl groups is 1. The number of thioether (sulfide) groups is 2. The Bertz CT molecular complexity index is 3620. The second kappa shape index (κ2) is 64.4. The van der Waals surface area contributed by atoms with Gasteiger partial charge in [-0.15, -0.1) is 48.5 Å². The summed E-state index contributed by atoms with van der Waals surface area (Å²) < 4.78 is 171. The molecule has 0 amide bonds. The minimum Gasteiger partial charge on any atom is -0.870 e. The van der Waals surface area contributed by atoms with E-state index in [1.54, 1.807) is 30.4 Å². The number of hydrogen-bond donors (Lipinski definition) is 2. The van der Waals surface area contributed by atoms with Crippen molar-refractivity contribution in [2.24, 2.45) is 23.7 Å². The third-order valence-corrected chi connectivity index (χ3v) is 19.0. The molecule has 31 heteroatoms. The SMILES string of the molecule is C.C.C#CC.CCC(CC)COc1ccc(C(F)(F)F)cc1.CCC(CO)COc1ccc(C(F)(F)F)cc1.CCC(COc1ccc(C(F)(F)F)cc1)CSc1ccc(C)cc1Cl.CCc1ccc(S)c(Cl)c1.CCc1ccc(SCC(CC)COc2ccc(C(F)(F)F)cc2)c(Cl)c1.O=C=O.O=C=O.O=C=O.[HH].[HH].[Li+].[OH-]. The van der Waals surface area contributed by atoms with Gasteiger partial charge in [0.05, 0.1) is 63.7 Å². The maximum Gasteiger partial charge on any atom is 1.00 e. The fourth-order valence-corrected chi connectivity index (χ4v) is 11.3. The van der Waals surface area contributed by atoms with E-state index in [1.165, 1.54) is 59.7 Å². The normalized spacial score (nSPS) is 11.0. The Hall–Kier alpha value is -6.96. The third kappa shape index (κ3) is 52.1. The molecule has 7 aromatic carbocycles. The average Bonchev–Trinajstić information content (AvgIpc) is 0.921. The molecule has 0 bridgehead atoms. The smallest absolute Gasteiger partial charge is 0.870 e. The number of alkyl halides is 12. The summed E-state index contributed by atoms with van der Waals surface area (Å²) in [6.45, 7) is 19.8. The van der Waals surface area contributed by atoms with Gasteiger partial charge < -0.3 is 29.5 Å². The van der Waals surface area contributed by atoms with Gasteiger partial charge in [0.15, 0.2) is 0 Å². The molecule has 616 valence electrons. The number of ether oxygens (including phenoxy) is 4. The molecule has 111 heavy (non-hydrogen) atoms. The van der Waals surface area contributed by atoms with Crippen molar-refractivity contribution in [3.8, 4) is 35.3 Å². The van der Waals surface area contributed by atoms with Gasteiger partial charge in [-0.2, -0.15) is 81.5 Å². The Labute approximate surface area is 688 Å². The van der Waals surface area contributed by atoms with E-state index >= 15 is 0 Å². The van der Waals surface area contributed by atoms with Crippen molar-refractivity contribution >= 4 is 89.4 Å². The molecule has 0 aliphatic heterocycles. The standard InChI is InChI=1S/C20H22ClF3OS.C19H20ClF3OS.C13H17F3O.C12H15F3O2.C8H9ClS.C3H4.3CO2.2CH4.Li.H2O.2H2/c1-3-14-5-10-19(18(21)11-14)26-13-15(4-2)12-25-17-8-6-16(7-9-17)20(22,23)24;1-3-14(12-25-18-9-4-13(2)10-17(18)20)11-24-16-7-5-15(6-8-16)19(21,22)23;1-3-10(4-2)9-17-12-7-5-11(6-8-12)13(14,15)16;1-2-9(7-16)8-17-11-5-3-10(4-6-11)12(13,14)15;1-2-6-3-4-8(10)7(9)5-6;1-3-2;3*2-1-3;;;;;;/h5-11,15H,3-4,12-13H2,1-2H3;4-10,14H,3,11-12H2,1-2H3;5-8,10H,3-4,9H2,1-2H3;3-6,9,16H,2,7-8H2,1H3;3-5,10H,2H2,1H3;1H,2H3;;;;2*1H4;;1H2;2*1H/q;;;;;;;;;;;+1;;;/p-1. The molecule has 0 aliphatic rings. The molecule has 7 rings (SSSR count). The molecule has 3 atom stereocenters. The zero-order valence-corrected chi connectivity index (χ0v) is 66.4.